The fourth-order valence-electron chi connectivity index (χ4n) is 1.41. The topological polar surface area (TPSA) is 78.4 Å². The molecule has 0 aromatic heterocycles. The number of anilines is 1. The Kier molecular flexibility index (Phi) is 5.23. The minimum atomic E-state index is -1.26. The number of aliphatic carboxylic acids is 1. The van der Waals surface area contributed by atoms with Crippen LogP contribution in [-0.2, 0) is 4.79 Å². The van der Waals surface area contributed by atoms with E-state index in [1.807, 2.05) is 24.5 Å². The number of hydrogen-bond acceptors (Lipinski definition) is 3. The van der Waals surface area contributed by atoms with Crippen LogP contribution in [0.15, 0.2) is 29.2 Å². The summed E-state index contributed by atoms with van der Waals surface area (Å²) < 4.78 is 0. The molecule has 6 heteroatoms. The van der Waals surface area contributed by atoms with E-state index in [1.54, 1.807) is 24.8 Å². The third kappa shape index (κ3) is 4.17. The molecule has 1 atom stereocenters. The molecule has 0 radical (unpaired) electrons. The molecule has 0 aliphatic rings. The number of carboxylic acid groups (broad SMARTS) is 1. The average Bonchev–Trinajstić information content (AvgIpc) is 2.38. The lowest BCUT2D eigenvalue weighted by atomic mass is 10.00. The first-order valence-electron chi connectivity index (χ1n) is 5.88. The molecule has 0 heterocycles. The smallest absolute Gasteiger partial charge is 0.329 e. The summed E-state index contributed by atoms with van der Waals surface area (Å²) in [5.74, 6) is -1.05. The first-order chi connectivity index (χ1) is 8.91. The number of hydrogen-bond donors (Lipinski definition) is 3. The van der Waals surface area contributed by atoms with Gasteiger partial charge in [0.25, 0.3) is 0 Å². The van der Waals surface area contributed by atoms with Gasteiger partial charge in [0, 0.05) is 10.6 Å². The standard InChI is InChI=1S/C13H18N2O3S/c1-4-13(2,11(16)17)15-12(18)14-9-6-5-7-10(8-9)19-3/h5-8H,4H2,1-3H3,(H,16,17)(H2,14,15,18). The van der Waals surface area contributed by atoms with Crippen LogP contribution in [0.4, 0.5) is 10.5 Å². The van der Waals surface area contributed by atoms with Gasteiger partial charge in [-0.05, 0) is 37.8 Å². The summed E-state index contributed by atoms with van der Waals surface area (Å²) in [5.41, 5.74) is -0.630. The van der Waals surface area contributed by atoms with Crippen LogP contribution in [0.1, 0.15) is 20.3 Å². The largest absolute Gasteiger partial charge is 0.480 e. The molecule has 104 valence electrons. The lowest BCUT2D eigenvalue weighted by molar-refractivity contribution is -0.143. The first-order valence-corrected chi connectivity index (χ1v) is 7.10. The molecular formula is C13H18N2O3S. The van der Waals surface area contributed by atoms with Crippen LogP contribution in [0.5, 0.6) is 0 Å². The molecule has 5 nitrogen and oxygen atoms in total. The van der Waals surface area contributed by atoms with E-state index in [4.69, 9.17) is 5.11 Å². The third-order valence-corrected chi connectivity index (χ3v) is 3.62. The van der Waals surface area contributed by atoms with Crippen LogP contribution in [0.3, 0.4) is 0 Å². The SMILES string of the molecule is CCC(C)(NC(=O)Nc1cccc(SC)c1)C(=O)O. The Morgan fingerprint density at radius 1 is 1.42 bits per heavy atom. The van der Waals surface area contributed by atoms with Crippen molar-refractivity contribution >= 4 is 29.4 Å². The number of amides is 2. The van der Waals surface area contributed by atoms with Crippen molar-refractivity contribution in [2.75, 3.05) is 11.6 Å². The average molecular weight is 282 g/mol. The Morgan fingerprint density at radius 2 is 2.11 bits per heavy atom. The second-order valence-corrected chi connectivity index (χ2v) is 5.18. The van der Waals surface area contributed by atoms with Gasteiger partial charge < -0.3 is 15.7 Å². The molecule has 19 heavy (non-hydrogen) atoms. The molecule has 1 aromatic rings. The zero-order valence-corrected chi connectivity index (χ0v) is 12.0. The zero-order valence-electron chi connectivity index (χ0n) is 11.2. The number of carbonyl (C=O) groups excluding carboxylic acids is 1. The highest BCUT2D eigenvalue weighted by atomic mass is 32.2. The monoisotopic (exact) mass is 282 g/mol. The zero-order chi connectivity index (χ0) is 14.5. The van der Waals surface area contributed by atoms with Gasteiger partial charge in [-0.1, -0.05) is 13.0 Å². The molecule has 0 saturated carbocycles. The van der Waals surface area contributed by atoms with Crippen LogP contribution >= 0.6 is 11.8 Å². The van der Waals surface area contributed by atoms with E-state index in [0.717, 1.165) is 4.90 Å². The summed E-state index contributed by atoms with van der Waals surface area (Å²) in [5, 5.41) is 14.2. The molecule has 0 bridgehead atoms. The minimum absolute atomic E-state index is 0.306. The Bertz CT molecular complexity index is 479. The van der Waals surface area contributed by atoms with Crippen molar-refractivity contribution < 1.29 is 14.7 Å². The van der Waals surface area contributed by atoms with Crippen molar-refractivity contribution in [1.29, 1.82) is 0 Å². The lowest BCUT2D eigenvalue weighted by Crippen LogP contribution is -2.53. The van der Waals surface area contributed by atoms with Gasteiger partial charge in [0.2, 0.25) is 0 Å². The number of urea groups is 1. The highest BCUT2D eigenvalue weighted by Crippen LogP contribution is 2.19. The van der Waals surface area contributed by atoms with Crippen molar-refractivity contribution in [2.45, 2.75) is 30.7 Å². The molecule has 0 spiro atoms. The summed E-state index contributed by atoms with van der Waals surface area (Å²) in [6, 6.07) is 6.82. The molecule has 3 N–H and O–H groups in total. The van der Waals surface area contributed by atoms with Crippen molar-refractivity contribution in [2.24, 2.45) is 0 Å². The summed E-state index contributed by atoms with van der Waals surface area (Å²) in [7, 11) is 0. The number of carbonyl (C=O) groups is 2. The van der Waals surface area contributed by atoms with Crippen LogP contribution in [0.25, 0.3) is 0 Å². The predicted molar refractivity (Wildman–Crippen MR) is 76.7 cm³/mol. The fourth-order valence-corrected chi connectivity index (χ4v) is 1.87. The Labute approximate surface area is 116 Å². The van der Waals surface area contributed by atoms with E-state index < -0.39 is 17.5 Å². The summed E-state index contributed by atoms with van der Waals surface area (Å²) in [6.45, 7) is 3.19. The van der Waals surface area contributed by atoms with E-state index in [0.29, 0.717) is 12.1 Å². The van der Waals surface area contributed by atoms with Crippen LogP contribution < -0.4 is 10.6 Å². The normalized spacial score (nSPS) is 13.4. The number of thioether (sulfide) groups is 1. The molecular weight excluding hydrogens is 264 g/mol. The Balaban J connectivity index is 2.72. The van der Waals surface area contributed by atoms with Crippen molar-refractivity contribution in [1.82, 2.24) is 5.32 Å². The molecule has 0 fully saturated rings. The quantitative estimate of drug-likeness (QED) is 0.726. The molecule has 0 saturated heterocycles. The molecule has 1 unspecified atom stereocenters. The van der Waals surface area contributed by atoms with E-state index >= 15 is 0 Å². The minimum Gasteiger partial charge on any atom is -0.480 e. The van der Waals surface area contributed by atoms with Crippen LogP contribution in [-0.4, -0.2) is 28.9 Å². The highest BCUT2D eigenvalue weighted by Gasteiger charge is 2.32. The highest BCUT2D eigenvalue weighted by molar-refractivity contribution is 7.98. The van der Waals surface area contributed by atoms with E-state index in [1.165, 1.54) is 6.92 Å². The third-order valence-electron chi connectivity index (χ3n) is 2.90. The predicted octanol–water partition coefficient (Wildman–Crippen LogP) is 2.78. The molecule has 0 aliphatic carbocycles. The van der Waals surface area contributed by atoms with Gasteiger partial charge in [0.1, 0.15) is 5.54 Å². The van der Waals surface area contributed by atoms with Crippen molar-refractivity contribution in [3.8, 4) is 0 Å². The van der Waals surface area contributed by atoms with Crippen molar-refractivity contribution in [3.05, 3.63) is 24.3 Å². The second-order valence-electron chi connectivity index (χ2n) is 4.30. The van der Waals surface area contributed by atoms with E-state index in [9.17, 15) is 9.59 Å². The molecule has 2 amide bonds. The van der Waals surface area contributed by atoms with Crippen LogP contribution in [0.2, 0.25) is 0 Å². The van der Waals surface area contributed by atoms with Crippen LogP contribution in [0, 0.1) is 0 Å². The fraction of sp³-hybridized carbons (Fsp3) is 0.385. The number of carboxylic acids is 1. The summed E-state index contributed by atoms with van der Waals surface area (Å²) in [4.78, 5) is 23.9. The molecule has 1 rings (SSSR count). The molecule has 1 aromatic carbocycles. The Morgan fingerprint density at radius 3 is 2.63 bits per heavy atom. The number of nitrogens with one attached hydrogen (secondary N) is 2. The van der Waals surface area contributed by atoms with Gasteiger partial charge >= 0.3 is 12.0 Å². The van der Waals surface area contributed by atoms with E-state index in [2.05, 4.69) is 10.6 Å². The maximum Gasteiger partial charge on any atom is 0.329 e. The Hall–Kier alpha value is -1.69. The maximum absolute atomic E-state index is 11.8. The van der Waals surface area contributed by atoms with Gasteiger partial charge in [-0.25, -0.2) is 9.59 Å². The first kappa shape index (κ1) is 15.4. The van der Waals surface area contributed by atoms with Gasteiger partial charge in [0.15, 0.2) is 0 Å². The van der Waals surface area contributed by atoms with E-state index in [-0.39, 0.29) is 0 Å². The van der Waals surface area contributed by atoms with Gasteiger partial charge in [0.05, 0.1) is 0 Å². The number of rotatable bonds is 5. The van der Waals surface area contributed by atoms with Gasteiger partial charge in [-0.3, -0.25) is 0 Å². The maximum atomic E-state index is 11.8. The van der Waals surface area contributed by atoms with Gasteiger partial charge in [-0.15, -0.1) is 11.8 Å². The lowest BCUT2D eigenvalue weighted by Gasteiger charge is -2.24. The number of benzene rings is 1. The molecule has 0 aliphatic heterocycles. The van der Waals surface area contributed by atoms with Crippen molar-refractivity contribution in [3.63, 3.8) is 0 Å². The summed E-state index contributed by atoms with van der Waals surface area (Å²) >= 11 is 1.57. The van der Waals surface area contributed by atoms with Gasteiger partial charge in [-0.2, -0.15) is 0 Å². The summed E-state index contributed by atoms with van der Waals surface area (Å²) in [6.07, 6.45) is 2.25. The second kappa shape index (κ2) is 6.47.